The summed E-state index contributed by atoms with van der Waals surface area (Å²) >= 11 is 0. The van der Waals surface area contributed by atoms with E-state index in [0.717, 1.165) is 0 Å². The van der Waals surface area contributed by atoms with E-state index >= 15 is 0 Å². The summed E-state index contributed by atoms with van der Waals surface area (Å²) in [6.07, 6.45) is 8.15. The first-order chi connectivity index (χ1) is 10.2. The van der Waals surface area contributed by atoms with E-state index in [-0.39, 0.29) is 21.7 Å². The second-order valence-corrected chi connectivity index (χ2v) is 10.9. The van der Waals surface area contributed by atoms with E-state index in [2.05, 4.69) is 59.3 Å². The van der Waals surface area contributed by atoms with Crippen molar-refractivity contribution in [2.24, 2.45) is 5.92 Å². The molecule has 0 radical (unpaired) electrons. The molecule has 0 spiro atoms. The van der Waals surface area contributed by atoms with Crippen LogP contribution in [0.1, 0.15) is 54.4 Å². The molecule has 0 aromatic rings. The third kappa shape index (κ3) is 7.51. The molecule has 23 heavy (non-hydrogen) atoms. The van der Waals surface area contributed by atoms with Crippen molar-refractivity contribution in [2.75, 3.05) is 6.54 Å². The average molecular weight is 367 g/mol. The van der Waals surface area contributed by atoms with Gasteiger partial charge >= 0.3 is 0 Å². The number of allylic oxidation sites excluding steroid dienone is 7. The van der Waals surface area contributed by atoms with Crippen LogP contribution in [0.15, 0.2) is 46.7 Å². The molecule has 0 aromatic heterocycles. The van der Waals surface area contributed by atoms with Crippen LogP contribution < -0.4 is 4.98 Å². The molecule has 0 saturated heterocycles. The first-order valence-electron chi connectivity index (χ1n) is 8.62. The van der Waals surface area contributed by atoms with E-state index in [1.165, 1.54) is 25.0 Å². The maximum atomic E-state index is 3.86. The molecule has 1 nitrogen and oxygen atoms in total. The van der Waals surface area contributed by atoms with Gasteiger partial charge in [0.1, 0.15) is 8.24 Å². The Balaban J connectivity index is 0. The van der Waals surface area contributed by atoms with E-state index in [4.69, 9.17) is 0 Å². The van der Waals surface area contributed by atoms with Gasteiger partial charge in [0, 0.05) is 21.7 Å². The van der Waals surface area contributed by atoms with Gasteiger partial charge in [-0.1, -0.05) is 74.5 Å². The molecule has 1 N–H and O–H groups in total. The normalized spacial score (nSPS) is 18.0. The minimum Gasteiger partial charge on any atom is -0.334 e. The van der Waals surface area contributed by atoms with Crippen LogP contribution in [-0.2, 0) is 21.7 Å². The molecule has 0 saturated carbocycles. The summed E-state index contributed by atoms with van der Waals surface area (Å²) in [4.78, 5) is 3.86. The summed E-state index contributed by atoms with van der Waals surface area (Å²) < 4.78 is 0. The molecule has 1 atom stereocenters. The third-order valence-electron chi connectivity index (χ3n) is 4.74. The van der Waals surface area contributed by atoms with Crippen molar-refractivity contribution in [1.82, 2.24) is 4.98 Å². The Morgan fingerprint density at radius 3 is 2.04 bits per heavy atom. The second kappa shape index (κ2) is 12.2. The van der Waals surface area contributed by atoms with E-state index in [9.17, 15) is 0 Å². The zero-order chi connectivity index (χ0) is 17.3. The van der Waals surface area contributed by atoms with Crippen molar-refractivity contribution >= 4 is 8.24 Å². The Kier molecular flexibility index (Phi) is 13.4. The van der Waals surface area contributed by atoms with Gasteiger partial charge in [0.15, 0.2) is 0 Å². The van der Waals surface area contributed by atoms with Gasteiger partial charge in [0.05, 0.1) is 0 Å². The molecule has 0 amide bonds. The van der Waals surface area contributed by atoms with Crippen LogP contribution in [0.25, 0.3) is 0 Å². The van der Waals surface area contributed by atoms with Gasteiger partial charge in [-0.15, -0.1) is 0 Å². The molecule has 1 rings (SSSR count). The topological polar surface area (TPSA) is 12.0 Å². The van der Waals surface area contributed by atoms with Crippen molar-refractivity contribution in [2.45, 2.75) is 67.5 Å². The van der Waals surface area contributed by atoms with Gasteiger partial charge in [0.25, 0.3) is 0 Å². The van der Waals surface area contributed by atoms with Crippen LogP contribution in [0.2, 0.25) is 13.1 Å². The Morgan fingerprint density at radius 2 is 1.74 bits per heavy atom. The molecule has 1 unspecified atom stereocenters. The molecular formula is C20H37NSiTi. The van der Waals surface area contributed by atoms with Crippen molar-refractivity contribution in [3.05, 3.63) is 46.7 Å². The van der Waals surface area contributed by atoms with Crippen molar-refractivity contribution in [3.63, 3.8) is 0 Å². The fraction of sp³-hybridized carbons (Fsp3) is 0.600. The summed E-state index contributed by atoms with van der Waals surface area (Å²) in [6, 6.07) is 0. The summed E-state index contributed by atoms with van der Waals surface area (Å²) in [5, 5.41) is 1.73. The van der Waals surface area contributed by atoms with Crippen LogP contribution in [-0.4, -0.2) is 14.8 Å². The van der Waals surface area contributed by atoms with Crippen LogP contribution in [0.4, 0.5) is 0 Å². The first kappa shape index (κ1) is 25.1. The van der Waals surface area contributed by atoms with Gasteiger partial charge in [-0.05, 0) is 52.2 Å². The van der Waals surface area contributed by atoms with Gasteiger partial charge in [-0.25, -0.2) is 0 Å². The summed E-state index contributed by atoms with van der Waals surface area (Å²) in [6.45, 7) is 23.1. The Labute approximate surface area is 161 Å². The Bertz CT molecular complexity index is 458. The standard InChI is InChI=1S/C15H29NSi.C5H8.Ti/c1-8-9-10-16-17(6,7)15-13(4)11(2)12(3)14(15)5;1-3-5-4-2;/h13,16H,8-10H2,1-7H3;3-5H,1H2,2H3;. The number of rotatable bonds is 6. The smallest absolute Gasteiger partial charge is 0.148 e. The predicted molar refractivity (Wildman–Crippen MR) is 106 cm³/mol. The molecule has 3 heteroatoms. The zero-order valence-corrected chi connectivity index (χ0v) is 19.2. The van der Waals surface area contributed by atoms with Gasteiger partial charge in [0.2, 0.25) is 0 Å². The maximum Gasteiger partial charge on any atom is 0.148 e. The number of unbranched alkanes of at least 4 members (excludes halogenated alkanes) is 1. The summed E-state index contributed by atoms with van der Waals surface area (Å²) in [7, 11) is -1.43. The predicted octanol–water partition coefficient (Wildman–Crippen LogP) is 6.17. The third-order valence-corrected chi connectivity index (χ3v) is 8.03. The van der Waals surface area contributed by atoms with Gasteiger partial charge < -0.3 is 4.98 Å². The average Bonchev–Trinajstić information content (AvgIpc) is 2.65. The van der Waals surface area contributed by atoms with E-state index < -0.39 is 8.24 Å². The number of hydrogen-bond acceptors (Lipinski definition) is 1. The minimum absolute atomic E-state index is 0. The minimum atomic E-state index is -1.43. The molecule has 0 aromatic carbocycles. The van der Waals surface area contributed by atoms with E-state index in [1.54, 1.807) is 22.4 Å². The molecule has 1 aliphatic rings. The zero-order valence-electron chi connectivity index (χ0n) is 16.6. The quantitative estimate of drug-likeness (QED) is 0.336. The fourth-order valence-corrected chi connectivity index (χ4v) is 6.60. The molecule has 1 aliphatic carbocycles. The van der Waals surface area contributed by atoms with Crippen molar-refractivity contribution < 1.29 is 21.7 Å². The van der Waals surface area contributed by atoms with E-state index in [0.29, 0.717) is 5.92 Å². The SMILES string of the molecule is C=CC=CC.CCCCN[Si](C)(C)C1=C(C)C(C)=C(C)C1C.[Ti]. The summed E-state index contributed by atoms with van der Waals surface area (Å²) in [5.41, 5.74) is 4.68. The van der Waals surface area contributed by atoms with Crippen LogP contribution >= 0.6 is 0 Å². The Hall–Kier alpha value is -0.149. The molecule has 0 bridgehead atoms. The van der Waals surface area contributed by atoms with E-state index in [1.807, 2.05) is 19.1 Å². The number of nitrogens with one attached hydrogen (secondary N) is 1. The monoisotopic (exact) mass is 367 g/mol. The molecule has 130 valence electrons. The number of hydrogen-bond donors (Lipinski definition) is 1. The first-order valence-corrected chi connectivity index (χ1v) is 11.6. The molecule has 0 fully saturated rings. The van der Waals surface area contributed by atoms with Crippen LogP contribution in [0.5, 0.6) is 0 Å². The molecule has 0 aliphatic heterocycles. The van der Waals surface area contributed by atoms with Gasteiger partial charge in [-0.2, -0.15) is 0 Å². The summed E-state index contributed by atoms with van der Waals surface area (Å²) in [5.74, 6) is 0.658. The molecule has 0 heterocycles. The Morgan fingerprint density at radius 1 is 1.17 bits per heavy atom. The van der Waals surface area contributed by atoms with Crippen LogP contribution in [0, 0.1) is 5.92 Å². The largest absolute Gasteiger partial charge is 0.334 e. The molecular weight excluding hydrogens is 330 g/mol. The fourth-order valence-electron chi connectivity index (χ4n) is 3.18. The van der Waals surface area contributed by atoms with Crippen LogP contribution in [0.3, 0.4) is 0 Å². The van der Waals surface area contributed by atoms with Crippen molar-refractivity contribution in [3.8, 4) is 0 Å². The second-order valence-electron chi connectivity index (χ2n) is 6.74. The maximum absolute atomic E-state index is 3.86. The van der Waals surface area contributed by atoms with Crippen molar-refractivity contribution in [1.29, 1.82) is 0 Å². The van der Waals surface area contributed by atoms with Gasteiger partial charge in [-0.3, -0.25) is 0 Å².